The monoisotopic (exact) mass is 362 g/mol. The van der Waals surface area contributed by atoms with Crippen LogP contribution in [0.5, 0.6) is 11.5 Å². The van der Waals surface area contributed by atoms with Gasteiger partial charge in [0.05, 0.1) is 25.6 Å². The third kappa shape index (κ3) is 4.87. The Kier molecular flexibility index (Phi) is 6.25. The molecule has 0 fully saturated rings. The van der Waals surface area contributed by atoms with Crippen molar-refractivity contribution in [2.75, 3.05) is 24.9 Å². The second-order valence-corrected chi connectivity index (χ2v) is 5.68. The fraction of sp³-hybridized carbons (Fsp3) is 0.222. The predicted octanol–water partition coefficient (Wildman–Crippen LogP) is 3.63. The molecule has 25 heavy (non-hydrogen) atoms. The van der Waals surface area contributed by atoms with Gasteiger partial charge in [0.2, 0.25) is 11.8 Å². The molecule has 0 atom stereocenters. The molecule has 0 unspecified atom stereocenters. The van der Waals surface area contributed by atoms with Gasteiger partial charge in [-0.2, -0.15) is 0 Å². The standard InChI is InChI=1S/C18H19ClN2O4/c1-11-8-14(16(25-3)9-12(11)19)21-18(23)10-17(22)20-13-6-4-5-7-15(13)24-2/h4-9H,10H2,1-3H3,(H,20,22)(H,21,23). The minimum absolute atomic E-state index is 0.344. The van der Waals surface area contributed by atoms with Crippen LogP contribution in [0.25, 0.3) is 0 Å². The maximum atomic E-state index is 12.1. The van der Waals surface area contributed by atoms with Crippen molar-refractivity contribution in [1.82, 2.24) is 0 Å². The lowest BCUT2D eigenvalue weighted by Crippen LogP contribution is -2.22. The van der Waals surface area contributed by atoms with Crippen LogP contribution in [0.15, 0.2) is 36.4 Å². The molecule has 0 aliphatic carbocycles. The quantitative estimate of drug-likeness (QED) is 0.769. The summed E-state index contributed by atoms with van der Waals surface area (Å²) in [4.78, 5) is 24.2. The molecule has 7 heteroatoms. The number of benzene rings is 2. The highest BCUT2D eigenvalue weighted by Gasteiger charge is 2.15. The molecule has 2 rings (SSSR count). The van der Waals surface area contributed by atoms with E-state index in [4.69, 9.17) is 21.1 Å². The molecule has 0 saturated heterocycles. The Hall–Kier alpha value is -2.73. The van der Waals surface area contributed by atoms with Gasteiger partial charge in [0.15, 0.2) is 0 Å². The van der Waals surface area contributed by atoms with Crippen LogP contribution in [0.1, 0.15) is 12.0 Å². The number of rotatable bonds is 6. The number of para-hydroxylation sites is 2. The van der Waals surface area contributed by atoms with Crippen molar-refractivity contribution in [1.29, 1.82) is 0 Å². The third-order valence-electron chi connectivity index (χ3n) is 3.46. The number of anilines is 2. The second-order valence-electron chi connectivity index (χ2n) is 5.28. The number of ether oxygens (including phenoxy) is 2. The second kappa shape index (κ2) is 8.39. The first-order valence-corrected chi connectivity index (χ1v) is 7.89. The summed E-state index contributed by atoms with van der Waals surface area (Å²) in [6.07, 6.45) is -0.344. The van der Waals surface area contributed by atoms with Gasteiger partial charge in [0, 0.05) is 11.1 Å². The van der Waals surface area contributed by atoms with Crippen molar-refractivity contribution in [3.8, 4) is 11.5 Å². The molecular formula is C18H19ClN2O4. The van der Waals surface area contributed by atoms with Gasteiger partial charge in [-0.25, -0.2) is 0 Å². The molecule has 0 saturated carbocycles. The van der Waals surface area contributed by atoms with Crippen molar-refractivity contribution in [2.24, 2.45) is 0 Å². The van der Waals surface area contributed by atoms with E-state index in [9.17, 15) is 9.59 Å². The van der Waals surface area contributed by atoms with Crippen molar-refractivity contribution >= 4 is 34.8 Å². The summed E-state index contributed by atoms with van der Waals surface area (Å²) in [6.45, 7) is 1.81. The normalized spacial score (nSPS) is 10.1. The van der Waals surface area contributed by atoms with E-state index in [1.807, 2.05) is 6.92 Å². The number of hydrogen-bond donors (Lipinski definition) is 2. The summed E-state index contributed by atoms with van der Waals surface area (Å²) >= 11 is 6.04. The number of halogens is 1. The van der Waals surface area contributed by atoms with Crippen LogP contribution < -0.4 is 20.1 Å². The lowest BCUT2D eigenvalue weighted by Gasteiger charge is -2.13. The lowest BCUT2D eigenvalue weighted by molar-refractivity contribution is -0.123. The Labute approximate surface area is 151 Å². The minimum Gasteiger partial charge on any atom is -0.495 e. The molecule has 0 heterocycles. The number of carbonyl (C=O) groups excluding carboxylic acids is 2. The van der Waals surface area contributed by atoms with Crippen molar-refractivity contribution in [2.45, 2.75) is 13.3 Å². The first-order chi connectivity index (χ1) is 11.9. The van der Waals surface area contributed by atoms with Gasteiger partial charge in [-0.1, -0.05) is 23.7 Å². The molecule has 0 radical (unpaired) electrons. The average molecular weight is 363 g/mol. The Bertz CT molecular complexity index is 793. The third-order valence-corrected chi connectivity index (χ3v) is 3.86. The molecule has 132 valence electrons. The molecule has 2 amide bonds. The van der Waals surface area contributed by atoms with Gasteiger partial charge < -0.3 is 20.1 Å². The number of carbonyl (C=O) groups is 2. The largest absolute Gasteiger partial charge is 0.495 e. The van der Waals surface area contributed by atoms with Gasteiger partial charge >= 0.3 is 0 Å². The van der Waals surface area contributed by atoms with Gasteiger partial charge in [-0.15, -0.1) is 0 Å². The van der Waals surface area contributed by atoms with Crippen LogP contribution in [0.3, 0.4) is 0 Å². The number of amides is 2. The summed E-state index contributed by atoms with van der Waals surface area (Å²) < 4.78 is 10.4. The highest BCUT2D eigenvalue weighted by atomic mass is 35.5. The molecule has 0 spiro atoms. The first-order valence-electron chi connectivity index (χ1n) is 7.51. The van der Waals surface area contributed by atoms with Crippen molar-refractivity contribution in [3.05, 3.63) is 47.0 Å². The van der Waals surface area contributed by atoms with E-state index in [1.54, 1.807) is 36.4 Å². The van der Waals surface area contributed by atoms with Gasteiger partial charge in [0.25, 0.3) is 0 Å². The van der Waals surface area contributed by atoms with Gasteiger partial charge in [-0.3, -0.25) is 9.59 Å². The van der Waals surface area contributed by atoms with E-state index in [-0.39, 0.29) is 6.42 Å². The number of nitrogens with one attached hydrogen (secondary N) is 2. The summed E-state index contributed by atoms with van der Waals surface area (Å²) in [5, 5.41) is 5.84. The number of methoxy groups -OCH3 is 2. The van der Waals surface area contributed by atoms with Crippen molar-refractivity contribution < 1.29 is 19.1 Å². The van der Waals surface area contributed by atoms with Crippen LogP contribution in [-0.4, -0.2) is 26.0 Å². The van der Waals surface area contributed by atoms with E-state index < -0.39 is 11.8 Å². The summed E-state index contributed by atoms with van der Waals surface area (Å²) in [5.74, 6) is 0.0272. The fourth-order valence-corrected chi connectivity index (χ4v) is 2.37. The van der Waals surface area contributed by atoms with Gasteiger partial charge in [0.1, 0.15) is 17.9 Å². The van der Waals surface area contributed by atoms with Crippen LogP contribution in [0.2, 0.25) is 5.02 Å². The molecule has 0 aliphatic rings. The van der Waals surface area contributed by atoms with Crippen LogP contribution >= 0.6 is 11.6 Å². The molecular weight excluding hydrogens is 344 g/mol. The molecule has 0 aliphatic heterocycles. The van der Waals surface area contributed by atoms with Gasteiger partial charge in [-0.05, 0) is 30.7 Å². The molecule has 0 aromatic heterocycles. The average Bonchev–Trinajstić information content (AvgIpc) is 2.58. The molecule has 2 aromatic rings. The fourth-order valence-electron chi connectivity index (χ4n) is 2.21. The number of aryl methyl sites for hydroxylation is 1. The van der Waals surface area contributed by atoms with E-state index >= 15 is 0 Å². The minimum atomic E-state index is -0.465. The first kappa shape index (κ1) is 18.6. The van der Waals surface area contributed by atoms with Crippen molar-refractivity contribution in [3.63, 3.8) is 0 Å². The van der Waals surface area contributed by atoms with Crippen LogP contribution in [-0.2, 0) is 9.59 Å². The zero-order valence-electron chi connectivity index (χ0n) is 14.2. The number of hydrogen-bond acceptors (Lipinski definition) is 4. The smallest absolute Gasteiger partial charge is 0.233 e. The summed E-state index contributed by atoms with van der Waals surface area (Å²) in [7, 11) is 2.98. The SMILES string of the molecule is COc1ccccc1NC(=O)CC(=O)Nc1cc(C)c(Cl)cc1OC. The van der Waals surface area contributed by atoms with Crippen LogP contribution in [0.4, 0.5) is 11.4 Å². The van der Waals surface area contributed by atoms with E-state index in [0.29, 0.717) is 27.9 Å². The highest BCUT2D eigenvalue weighted by Crippen LogP contribution is 2.31. The summed E-state index contributed by atoms with van der Waals surface area (Å²) in [5.41, 5.74) is 1.75. The molecule has 6 nitrogen and oxygen atoms in total. The zero-order valence-corrected chi connectivity index (χ0v) is 14.9. The van der Waals surface area contributed by atoms with Crippen LogP contribution in [0, 0.1) is 6.92 Å². The lowest BCUT2D eigenvalue weighted by atomic mass is 10.2. The summed E-state index contributed by atoms with van der Waals surface area (Å²) in [6, 6.07) is 10.3. The Morgan fingerprint density at radius 3 is 2.20 bits per heavy atom. The maximum Gasteiger partial charge on any atom is 0.233 e. The Morgan fingerprint density at radius 1 is 0.960 bits per heavy atom. The molecule has 2 N–H and O–H groups in total. The predicted molar refractivity (Wildman–Crippen MR) is 97.6 cm³/mol. The maximum absolute atomic E-state index is 12.1. The Morgan fingerprint density at radius 2 is 1.56 bits per heavy atom. The molecule has 0 bridgehead atoms. The van der Waals surface area contributed by atoms with E-state index in [1.165, 1.54) is 14.2 Å². The Balaban J connectivity index is 2.03. The van der Waals surface area contributed by atoms with E-state index in [0.717, 1.165) is 5.56 Å². The topological polar surface area (TPSA) is 76.7 Å². The van der Waals surface area contributed by atoms with E-state index in [2.05, 4.69) is 10.6 Å². The molecule has 2 aromatic carbocycles. The highest BCUT2D eigenvalue weighted by molar-refractivity contribution is 6.31. The zero-order chi connectivity index (χ0) is 18.4.